The Morgan fingerprint density at radius 2 is 2.13 bits per heavy atom. The minimum atomic E-state index is -0.363. The number of aromatic nitrogens is 1. The van der Waals surface area contributed by atoms with Crippen LogP contribution in [0.4, 0.5) is 5.13 Å². The topological polar surface area (TPSA) is 65.5 Å². The van der Waals surface area contributed by atoms with Gasteiger partial charge in [0.25, 0.3) is 0 Å². The molecule has 122 valence electrons. The summed E-state index contributed by atoms with van der Waals surface area (Å²) in [5.41, 5.74) is 0.882. The Morgan fingerprint density at radius 1 is 1.35 bits per heavy atom. The number of thiazole rings is 1. The van der Waals surface area contributed by atoms with E-state index in [1.54, 1.807) is 11.9 Å². The third-order valence-corrected chi connectivity index (χ3v) is 5.11. The fourth-order valence-electron chi connectivity index (χ4n) is 2.64. The van der Waals surface area contributed by atoms with Crippen molar-refractivity contribution >= 4 is 38.5 Å². The van der Waals surface area contributed by atoms with E-state index in [2.05, 4.69) is 10.3 Å². The van der Waals surface area contributed by atoms with Gasteiger partial charge >= 0.3 is 0 Å². The Hall–Kier alpha value is -1.99. The number of nitrogens with zero attached hydrogens (tertiary/aromatic N) is 3. The van der Waals surface area contributed by atoms with Gasteiger partial charge in [-0.05, 0) is 25.5 Å². The Balaban J connectivity index is 1.68. The van der Waals surface area contributed by atoms with Crippen LogP contribution in [-0.4, -0.2) is 59.3 Å². The number of fused-ring (bicyclic) bond motifs is 1. The fraction of sp³-hybridized carbons (Fsp3) is 0.438. The molecule has 2 amide bonds. The number of carbonyl (C=O) groups excluding carboxylic acids is 2. The monoisotopic (exact) mass is 332 g/mol. The van der Waals surface area contributed by atoms with E-state index in [1.807, 2.05) is 36.1 Å². The summed E-state index contributed by atoms with van der Waals surface area (Å²) in [6.45, 7) is 3.60. The number of rotatable bonds is 3. The molecule has 1 aliphatic rings. The van der Waals surface area contributed by atoms with Crippen molar-refractivity contribution in [1.82, 2.24) is 14.8 Å². The summed E-state index contributed by atoms with van der Waals surface area (Å²) in [5, 5.41) is 3.48. The molecule has 1 aromatic heterocycles. The molecule has 1 aliphatic heterocycles. The van der Waals surface area contributed by atoms with Gasteiger partial charge < -0.3 is 10.2 Å². The van der Waals surface area contributed by atoms with Crippen molar-refractivity contribution < 1.29 is 9.59 Å². The minimum absolute atomic E-state index is 0.0575. The number of hydrogen-bond donors (Lipinski definition) is 1. The second kappa shape index (κ2) is 6.64. The van der Waals surface area contributed by atoms with Crippen molar-refractivity contribution in [3.05, 3.63) is 24.3 Å². The maximum Gasteiger partial charge on any atom is 0.243 e. The van der Waals surface area contributed by atoms with Gasteiger partial charge in [0, 0.05) is 20.1 Å². The van der Waals surface area contributed by atoms with Crippen molar-refractivity contribution in [3.63, 3.8) is 0 Å². The zero-order valence-electron chi connectivity index (χ0n) is 13.3. The molecule has 7 heteroatoms. The van der Waals surface area contributed by atoms with Gasteiger partial charge in [0.05, 0.1) is 22.8 Å². The lowest BCUT2D eigenvalue weighted by Gasteiger charge is -2.25. The first kappa shape index (κ1) is 15.9. The van der Waals surface area contributed by atoms with Crippen molar-refractivity contribution in [3.8, 4) is 0 Å². The van der Waals surface area contributed by atoms with Crippen LogP contribution in [0.25, 0.3) is 10.2 Å². The number of likely N-dealkylation sites (N-methyl/N-ethyl adjacent to an activating group) is 1. The fourth-order valence-corrected chi connectivity index (χ4v) is 3.51. The normalized spacial score (nSPS) is 18.0. The van der Waals surface area contributed by atoms with Gasteiger partial charge in [0.2, 0.25) is 11.8 Å². The average Bonchev–Trinajstić information content (AvgIpc) is 2.86. The van der Waals surface area contributed by atoms with E-state index >= 15 is 0 Å². The molecule has 0 radical (unpaired) electrons. The number of amides is 2. The quantitative estimate of drug-likeness (QED) is 0.931. The molecule has 2 aromatic rings. The zero-order chi connectivity index (χ0) is 16.4. The maximum atomic E-state index is 12.5. The van der Waals surface area contributed by atoms with Gasteiger partial charge in [0.1, 0.15) is 0 Å². The van der Waals surface area contributed by atoms with Crippen LogP contribution in [0.2, 0.25) is 0 Å². The molecule has 0 saturated carbocycles. The Morgan fingerprint density at radius 3 is 2.91 bits per heavy atom. The number of para-hydroxylation sites is 1. The van der Waals surface area contributed by atoms with E-state index in [9.17, 15) is 9.59 Å². The number of hydrogen-bond acceptors (Lipinski definition) is 5. The van der Waals surface area contributed by atoms with Crippen LogP contribution >= 0.6 is 11.3 Å². The smallest absolute Gasteiger partial charge is 0.243 e. The third kappa shape index (κ3) is 3.51. The number of nitrogens with one attached hydrogen (secondary N) is 1. The van der Waals surface area contributed by atoms with Crippen LogP contribution < -0.4 is 5.32 Å². The van der Waals surface area contributed by atoms with Gasteiger partial charge in [-0.3, -0.25) is 14.5 Å². The zero-order valence-corrected chi connectivity index (χ0v) is 14.1. The highest BCUT2D eigenvalue weighted by Gasteiger charge is 2.27. The molecule has 1 atom stereocenters. The molecule has 23 heavy (non-hydrogen) atoms. The molecule has 1 fully saturated rings. The SMILES string of the molecule is C[C@@H](C(=O)Nc1nc2ccccc2s1)N1CCCN(C)C(=O)C1. The van der Waals surface area contributed by atoms with E-state index in [1.165, 1.54) is 11.3 Å². The van der Waals surface area contributed by atoms with E-state index in [0.717, 1.165) is 29.7 Å². The second-order valence-corrected chi connectivity index (χ2v) is 6.82. The van der Waals surface area contributed by atoms with Crippen LogP contribution in [-0.2, 0) is 9.59 Å². The van der Waals surface area contributed by atoms with Gasteiger partial charge in [-0.1, -0.05) is 23.5 Å². The number of carbonyl (C=O) groups is 2. The van der Waals surface area contributed by atoms with Gasteiger partial charge in [-0.15, -0.1) is 0 Å². The van der Waals surface area contributed by atoms with Gasteiger partial charge in [-0.25, -0.2) is 4.98 Å². The van der Waals surface area contributed by atoms with Crippen molar-refractivity contribution in [2.24, 2.45) is 0 Å². The van der Waals surface area contributed by atoms with Gasteiger partial charge in [-0.2, -0.15) is 0 Å². The summed E-state index contributed by atoms with van der Waals surface area (Å²) in [6.07, 6.45) is 0.876. The Bertz CT molecular complexity index is 697. The first-order valence-electron chi connectivity index (χ1n) is 7.69. The summed E-state index contributed by atoms with van der Waals surface area (Å²) >= 11 is 1.46. The molecule has 0 unspecified atom stereocenters. The van der Waals surface area contributed by atoms with Crippen LogP contribution in [0.5, 0.6) is 0 Å². The van der Waals surface area contributed by atoms with Crippen LogP contribution in [0.15, 0.2) is 24.3 Å². The van der Waals surface area contributed by atoms with Crippen LogP contribution in [0, 0.1) is 0 Å². The third-order valence-electron chi connectivity index (χ3n) is 4.15. The largest absolute Gasteiger partial charge is 0.345 e. The summed E-state index contributed by atoms with van der Waals surface area (Å²) < 4.78 is 1.04. The van der Waals surface area contributed by atoms with E-state index in [-0.39, 0.29) is 24.4 Å². The summed E-state index contributed by atoms with van der Waals surface area (Å²) in [6, 6.07) is 7.42. The molecule has 2 heterocycles. The lowest BCUT2D eigenvalue weighted by atomic mass is 10.2. The highest BCUT2D eigenvalue weighted by molar-refractivity contribution is 7.22. The first-order valence-corrected chi connectivity index (χ1v) is 8.50. The summed E-state index contributed by atoms with van der Waals surface area (Å²) in [5.74, 6) is -0.0662. The van der Waals surface area contributed by atoms with Crippen molar-refractivity contribution in [2.75, 3.05) is 32.0 Å². The maximum absolute atomic E-state index is 12.5. The Labute approximate surface area is 139 Å². The van der Waals surface area contributed by atoms with E-state index in [0.29, 0.717) is 5.13 Å². The number of anilines is 1. The first-order chi connectivity index (χ1) is 11.0. The molecule has 1 saturated heterocycles. The lowest BCUT2D eigenvalue weighted by molar-refractivity contribution is -0.131. The van der Waals surface area contributed by atoms with E-state index in [4.69, 9.17) is 0 Å². The molecule has 6 nitrogen and oxygen atoms in total. The van der Waals surface area contributed by atoms with Crippen LogP contribution in [0.3, 0.4) is 0 Å². The molecule has 0 spiro atoms. The standard InChI is InChI=1S/C16H20N4O2S/c1-11(20-9-5-8-19(2)14(21)10-20)15(22)18-16-17-12-6-3-4-7-13(12)23-16/h3-4,6-7,11H,5,8-10H2,1-2H3,(H,17,18,22)/t11-/m0/s1. The molecule has 1 N–H and O–H groups in total. The minimum Gasteiger partial charge on any atom is -0.345 e. The molecular weight excluding hydrogens is 312 g/mol. The van der Waals surface area contributed by atoms with Crippen LogP contribution in [0.1, 0.15) is 13.3 Å². The molecule has 1 aromatic carbocycles. The predicted molar refractivity (Wildman–Crippen MR) is 91.5 cm³/mol. The van der Waals surface area contributed by atoms with Gasteiger partial charge in [0.15, 0.2) is 5.13 Å². The average molecular weight is 332 g/mol. The molecule has 0 aliphatic carbocycles. The highest BCUT2D eigenvalue weighted by Crippen LogP contribution is 2.25. The second-order valence-electron chi connectivity index (χ2n) is 5.79. The Kier molecular flexibility index (Phi) is 4.58. The number of benzene rings is 1. The molecule has 3 rings (SSSR count). The highest BCUT2D eigenvalue weighted by atomic mass is 32.1. The van der Waals surface area contributed by atoms with E-state index < -0.39 is 0 Å². The van der Waals surface area contributed by atoms with Crippen molar-refractivity contribution in [2.45, 2.75) is 19.4 Å². The van der Waals surface area contributed by atoms with Crippen molar-refractivity contribution in [1.29, 1.82) is 0 Å². The summed E-state index contributed by atoms with van der Waals surface area (Å²) in [7, 11) is 1.80. The lowest BCUT2D eigenvalue weighted by Crippen LogP contribution is -2.45. The molecular formula is C16H20N4O2S. The summed E-state index contributed by atoms with van der Waals surface area (Å²) in [4.78, 5) is 32.5. The predicted octanol–water partition coefficient (Wildman–Crippen LogP) is 1.79. The molecule has 0 bridgehead atoms.